The zero-order valence-electron chi connectivity index (χ0n) is 17.3. The molecule has 0 aliphatic rings. The van der Waals surface area contributed by atoms with Crippen LogP contribution < -0.4 is 0 Å². The minimum Gasteiger partial charge on any atom is -0.361 e. The van der Waals surface area contributed by atoms with Crippen LogP contribution in [0.25, 0.3) is 11.1 Å². The Morgan fingerprint density at radius 3 is 1.26 bits per heavy atom. The molecule has 0 amide bonds. The van der Waals surface area contributed by atoms with Gasteiger partial charge < -0.3 is 11.1 Å². The fourth-order valence-corrected chi connectivity index (χ4v) is 5.05. The van der Waals surface area contributed by atoms with E-state index < -0.39 is 19.3 Å². The smallest absolute Gasteiger partial charge is 0.314 e. The Hall–Kier alpha value is -3.65. The normalized spacial score (nSPS) is 11.2. The summed E-state index contributed by atoms with van der Waals surface area (Å²) in [7, 11) is 0. The standard InChI is InChI=1S/C20H20N6O4S/c1-19(2,17(23-21)13-5-9-15(10-6-13)25(27)28)31-20(3,4)18(24-22)14-7-11-16(12-8-14)26(29)30/h5-12H,1-4H3. The maximum absolute atomic E-state index is 10.9. The molecule has 0 aromatic heterocycles. The first-order valence-electron chi connectivity index (χ1n) is 9.08. The predicted molar refractivity (Wildman–Crippen MR) is 117 cm³/mol. The molecule has 0 bridgehead atoms. The molecule has 0 radical (unpaired) electrons. The van der Waals surface area contributed by atoms with Gasteiger partial charge in [0.05, 0.1) is 21.0 Å². The van der Waals surface area contributed by atoms with Crippen LogP contribution in [0.3, 0.4) is 0 Å². The summed E-state index contributed by atoms with van der Waals surface area (Å²) in [6.07, 6.45) is 0. The monoisotopic (exact) mass is 440 g/mol. The fraction of sp³-hybridized carbons (Fsp3) is 0.300. The second-order valence-corrected chi connectivity index (χ2v) is 9.87. The number of hydrogen-bond donors (Lipinski definition) is 0. The first-order chi connectivity index (χ1) is 14.4. The molecule has 0 heterocycles. The van der Waals surface area contributed by atoms with Gasteiger partial charge in [-0.2, -0.15) is 9.58 Å². The summed E-state index contributed by atoms with van der Waals surface area (Å²) in [6, 6.07) is 11.3. The molecule has 0 fully saturated rings. The quantitative estimate of drug-likeness (QED) is 0.193. The van der Waals surface area contributed by atoms with E-state index in [1.807, 2.05) is 0 Å². The number of thioether (sulfide) groups is 1. The van der Waals surface area contributed by atoms with E-state index >= 15 is 0 Å². The molecule has 160 valence electrons. The van der Waals surface area contributed by atoms with Crippen LogP contribution in [0.4, 0.5) is 11.4 Å². The van der Waals surface area contributed by atoms with Crippen LogP contribution in [0.5, 0.6) is 0 Å². The van der Waals surface area contributed by atoms with Gasteiger partial charge in [0.1, 0.15) is 9.49 Å². The predicted octanol–water partition coefficient (Wildman–Crippen LogP) is 4.53. The van der Waals surface area contributed by atoms with Gasteiger partial charge in [-0.15, -0.1) is 11.8 Å². The first-order valence-corrected chi connectivity index (χ1v) is 9.89. The van der Waals surface area contributed by atoms with Crippen LogP contribution in [-0.2, 0) is 0 Å². The molecule has 0 N–H and O–H groups in total. The molecule has 11 heteroatoms. The van der Waals surface area contributed by atoms with E-state index in [-0.39, 0.29) is 22.8 Å². The largest absolute Gasteiger partial charge is 0.361 e. The highest BCUT2D eigenvalue weighted by Crippen LogP contribution is 2.40. The van der Waals surface area contributed by atoms with Crippen LogP contribution in [0.2, 0.25) is 0 Å². The van der Waals surface area contributed by atoms with E-state index in [0.717, 1.165) is 0 Å². The lowest BCUT2D eigenvalue weighted by atomic mass is 9.98. The first kappa shape index (κ1) is 23.6. The lowest BCUT2D eigenvalue weighted by Gasteiger charge is -2.28. The average molecular weight is 440 g/mol. The molecule has 0 aliphatic heterocycles. The van der Waals surface area contributed by atoms with Crippen LogP contribution in [-0.4, -0.2) is 40.3 Å². The summed E-state index contributed by atoms with van der Waals surface area (Å²) >= 11 is 1.33. The van der Waals surface area contributed by atoms with Gasteiger partial charge in [-0.25, -0.2) is 0 Å². The third kappa shape index (κ3) is 5.29. The van der Waals surface area contributed by atoms with E-state index in [9.17, 15) is 31.3 Å². The van der Waals surface area contributed by atoms with Crippen LogP contribution in [0.15, 0.2) is 48.5 Å². The molecule has 2 aromatic carbocycles. The van der Waals surface area contributed by atoms with Crippen molar-refractivity contribution in [2.45, 2.75) is 37.2 Å². The molecule has 10 nitrogen and oxygen atoms in total. The topological polar surface area (TPSA) is 159 Å². The third-order valence-corrected chi connectivity index (χ3v) is 5.96. The maximum Gasteiger partial charge on any atom is 0.314 e. The van der Waals surface area contributed by atoms with E-state index in [1.165, 1.54) is 60.3 Å². The van der Waals surface area contributed by atoms with Crippen molar-refractivity contribution in [1.82, 2.24) is 0 Å². The number of nitro groups is 2. The molecular formula is C20H20N6O4S. The van der Waals surface area contributed by atoms with Gasteiger partial charge in [0.15, 0.2) is 0 Å². The summed E-state index contributed by atoms with van der Waals surface area (Å²) in [4.78, 5) is 27.6. The van der Waals surface area contributed by atoms with Crippen molar-refractivity contribution in [2.75, 3.05) is 0 Å². The van der Waals surface area contributed by atoms with Crippen molar-refractivity contribution in [3.8, 4) is 0 Å². The Kier molecular flexibility index (Phi) is 6.87. The molecule has 2 rings (SSSR count). The van der Waals surface area contributed by atoms with E-state index in [1.54, 1.807) is 27.7 Å². The Bertz CT molecular complexity index is 1020. The zero-order chi connectivity index (χ0) is 23.4. The highest BCUT2D eigenvalue weighted by atomic mass is 32.2. The number of non-ortho nitro benzene ring substituents is 2. The van der Waals surface area contributed by atoms with Crippen LogP contribution in [0.1, 0.15) is 38.8 Å². The van der Waals surface area contributed by atoms with Crippen LogP contribution in [0, 0.1) is 20.2 Å². The fourth-order valence-electron chi connectivity index (χ4n) is 3.27. The molecule has 0 atom stereocenters. The SMILES string of the molecule is CC(C)(SC(C)(C)C(=[N+]=[N-])c1ccc([N+](=O)[O-])cc1)C(=[N+]=[N-])c1ccc([N+](=O)[O-])cc1. The number of benzene rings is 2. The molecular weight excluding hydrogens is 420 g/mol. The second kappa shape index (κ2) is 9.01. The minimum absolute atomic E-state index is 0.0836. The lowest BCUT2D eigenvalue weighted by molar-refractivity contribution is -0.385. The number of hydrogen-bond acceptors (Lipinski definition) is 5. The molecule has 0 aliphatic carbocycles. The van der Waals surface area contributed by atoms with Gasteiger partial charge in [0.2, 0.25) is 0 Å². The molecule has 0 unspecified atom stereocenters. The van der Waals surface area contributed by atoms with Crippen molar-refractivity contribution in [3.63, 3.8) is 0 Å². The van der Waals surface area contributed by atoms with E-state index in [2.05, 4.69) is 9.58 Å². The minimum atomic E-state index is -0.814. The molecule has 0 saturated heterocycles. The Labute approximate surface area is 182 Å². The van der Waals surface area contributed by atoms with Gasteiger partial charge in [0.25, 0.3) is 11.4 Å². The van der Waals surface area contributed by atoms with Crippen LogP contribution >= 0.6 is 11.8 Å². The summed E-state index contributed by atoms with van der Waals surface area (Å²) in [5.74, 6) is 0. The maximum atomic E-state index is 10.9. The Morgan fingerprint density at radius 2 is 1.03 bits per heavy atom. The van der Waals surface area contributed by atoms with Gasteiger partial charge in [-0.05, 0) is 52.0 Å². The average Bonchev–Trinajstić information content (AvgIpc) is 2.68. The lowest BCUT2D eigenvalue weighted by Crippen LogP contribution is -2.40. The van der Waals surface area contributed by atoms with E-state index in [4.69, 9.17) is 0 Å². The van der Waals surface area contributed by atoms with Gasteiger partial charge >= 0.3 is 11.4 Å². The zero-order valence-corrected chi connectivity index (χ0v) is 18.2. The van der Waals surface area contributed by atoms with Crippen molar-refractivity contribution >= 4 is 34.6 Å². The van der Waals surface area contributed by atoms with Gasteiger partial charge in [0, 0.05) is 24.3 Å². The molecule has 31 heavy (non-hydrogen) atoms. The van der Waals surface area contributed by atoms with Crippen molar-refractivity contribution in [1.29, 1.82) is 0 Å². The highest BCUT2D eigenvalue weighted by Gasteiger charge is 2.45. The summed E-state index contributed by atoms with van der Waals surface area (Å²) < 4.78 is -1.63. The molecule has 0 spiro atoms. The van der Waals surface area contributed by atoms with Crippen molar-refractivity contribution < 1.29 is 19.4 Å². The Balaban J connectivity index is 2.37. The summed E-state index contributed by atoms with van der Waals surface area (Å²) in [5.41, 5.74) is 20.8. The highest BCUT2D eigenvalue weighted by molar-refractivity contribution is 8.03. The van der Waals surface area contributed by atoms with Gasteiger partial charge in [-0.3, -0.25) is 20.2 Å². The number of nitrogens with zero attached hydrogens (tertiary/aromatic N) is 6. The van der Waals surface area contributed by atoms with Crippen molar-refractivity contribution in [2.24, 2.45) is 0 Å². The second-order valence-electron chi connectivity index (χ2n) is 7.63. The summed E-state index contributed by atoms with van der Waals surface area (Å²) in [6.45, 7) is 7.23. The van der Waals surface area contributed by atoms with Crippen molar-refractivity contribution in [3.05, 3.63) is 90.9 Å². The number of rotatable bonds is 8. The Morgan fingerprint density at radius 1 is 0.742 bits per heavy atom. The van der Waals surface area contributed by atoms with Gasteiger partial charge in [-0.1, -0.05) is 0 Å². The number of nitro benzene ring substituents is 2. The third-order valence-electron chi connectivity index (χ3n) is 4.55. The van der Waals surface area contributed by atoms with E-state index in [0.29, 0.717) is 11.1 Å². The molecule has 0 saturated carbocycles. The summed E-state index contributed by atoms with van der Waals surface area (Å²) in [5, 5.41) is 21.8. The molecule has 2 aromatic rings.